The van der Waals surface area contributed by atoms with Crippen molar-refractivity contribution >= 4 is 33.0 Å². The van der Waals surface area contributed by atoms with Crippen molar-refractivity contribution in [2.75, 3.05) is 4.72 Å². The van der Waals surface area contributed by atoms with Crippen molar-refractivity contribution in [1.29, 1.82) is 0 Å². The highest BCUT2D eigenvalue weighted by Crippen LogP contribution is 2.20. The Kier molecular flexibility index (Phi) is 3.68. The molecule has 1 aromatic carbocycles. The molecule has 1 aromatic heterocycles. The van der Waals surface area contributed by atoms with E-state index in [0.717, 1.165) is 6.07 Å². The second kappa shape index (κ2) is 5.13. The molecule has 2 rings (SSSR count). The van der Waals surface area contributed by atoms with E-state index in [4.69, 9.17) is 18.0 Å². The van der Waals surface area contributed by atoms with E-state index < -0.39 is 26.6 Å². The second-order valence-electron chi connectivity index (χ2n) is 3.70. The molecule has 4 N–H and O–H groups in total. The van der Waals surface area contributed by atoms with Gasteiger partial charge in [0.05, 0.1) is 11.8 Å². The van der Waals surface area contributed by atoms with E-state index in [0.29, 0.717) is 12.1 Å². The summed E-state index contributed by atoms with van der Waals surface area (Å²) in [6.45, 7) is 0. The molecule has 0 spiro atoms. The number of aromatic amines is 1. The van der Waals surface area contributed by atoms with Crippen molar-refractivity contribution in [3.63, 3.8) is 0 Å². The number of benzene rings is 1. The smallest absolute Gasteiger partial charge is 0.266 e. The van der Waals surface area contributed by atoms with E-state index in [1.165, 1.54) is 6.20 Å². The molecule has 10 heteroatoms. The van der Waals surface area contributed by atoms with Gasteiger partial charge in [0.2, 0.25) is 0 Å². The van der Waals surface area contributed by atoms with Crippen LogP contribution >= 0.6 is 12.2 Å². The van der Waals surface area contributed by atoms with Crippen LogP contribution in [-0.2, 0) is 10.0 Å². The highest BCUT2D eigenvalue weighted by atomic mass is 32.2. The van der Waals surface area contributed by atoms with Crippen molar-refractivity contribution < 1.29 is 17.2 Å². The van der Waals surface area contributed by atoms with Crippen LogP contribution in [0.3, 0.4) is 0 Å². The Hall–Kier alpha value is -2.07. The lowest BCUT2D eigenvalue weighted by Gasteiger charge is -2.08. The Morgan fingerprint density at radius 2 is 2.10 bits per heavy atom. The maximum Gasteiger partial charge on any atom is 0.266 e. The van der Waals surface area contributed by atoms with Crippen LogP contribution in [0.1, 0.15) is 5.56 Å². The minimum Gasteiger partial charge on any atom is -0.389 e. The summed E-state index contributed by atoms with van der Waals surface area (Å²) >= 11 is 4.70. The fourth-order valence-electron chi connectivity index (χ4n) is 1.42. The summed E-state index contributed by atoms with van der Waals surface area (Å²) in [6.07, 6.45) is 1.21. The maximum atomic E-state index is 13.5. The monoisotopic (exact) mass is 318 g/mol. The first kappa shape index (κ1) is 14.3. The van der Waals surface area contributed by atoms with Gasteiger partial charge in [-0.05, 0) is 18.2 Å². The number of hydrogen-bond donors (Lipinski definition) is 3. The molecule has 0 atom stereocenters. The topological polar surface area (TPSA) is 101 Å². The molecule has 0 aliphatic carbocycles. The van der Waals surface area contributed by atoms with Crippen LogP contribution in [-0.4, -0.2) is 23.6 Å². The predicted octanol–water partition coefficient (Wildman–Crippen LogP) is 1.12. The normalized spacial score (nSPS) is 11.3. The molecule has 0 radical (unpaired) electrons. The number of aromatic nitrogens is 2. The summed E-state index contributed by atoms with van der Waals surface area (Å²) in [5.74, 6) is -2.09. The summed E-state index contributed by atoms with van der Waals surface area (Å²) in [6, 6.07) is 2.09. The molecule has 6 nitrogen and oxygen atoms in total. The Morgan fingerprint density at radius 1 is 1.40 bits per heavy atom. The zero-order valence-corrected chi connectivity index (χ0v) is 11.4. The van der Waals surface area contributed by atoms with Crippen LogP contribution in [0.2, 0.25) is 0 Å². The lowest BCUT2D eigenvalue weighted by Crippen LogP contribution is -2.18. The summed E-state index contributed by atoms with van der Waals surface area (Å²) in [5, 5.41) is 5.90. The predicted molar refractivity (Wildman–Crippen MR) is 71.6 cm³/mol. The van der Waals surface area contributed by atoms with Gasteiger partial charge in [-0.2, -0.15) is 5.10 Å². The summed E-state index contributed by atoms with van der Waals surface area (Å²) in [7, 11) is -4.34. The number of nitrogens with one attached hydrogen (secondary N) is 2. The van der Waals surface area contributed by atoms with Gasteiger partial charge in [-0.15, -0.1) is 0 Å². The number of H-pyrrole nitrogens is 1. The maximum absolute atomic E-state index is 13.5. The largest absolute Gasteiger partial charge is 0.389 e. The third kappa shape index (κ3) is 2.75. The van der Waals surface area contributed by atoms with E-state index >= 15 is 0 Å². The number of sulfonamides is 1. The first-order chi connectivity index (χ1) is 9.31. The highest BCUT2D eigenvalue weighted by Gasteiger charge is 2.22. The third-order valence-corrected chi connectivity index (χ3v) is 3.91. The van der Waals surface area contributed by atoms with Crippen LogP contribution in [0.5, 0.6) is 0 Å². The molecule has 0 amide bonds. The SMILES string of the molecule is NC(=S)c1cn[nH]c1NS(=O)(=O)c1cc(F)ccc1F. The van der Waals surface area contributed by atoms with Crippen molar-refractivity contribution in [2.24, 2.45) is 5.73 Å². The molecule has 0 aliphatic rings. The van der Waals surface area contributed by atoms with Crippen LogP contribution in [0.25, 0.3) is 0 Å². The summed E-state index contributed by atoms with van der Waals surface area (Å²) < 4.78 is 52.5. The van der Waals surface area contributed by atoms with E-state index in [9.17, 15) is 17.2 Å². The fraction of sp³-hybridized carbons (Fsp3) is 0. The van der Waals surface area contributed by atoms with Gasteiger partial charge in [0.15, 0.2) is 0 Å². The van der Waals surface area contributed by atoms with Gasteiger partial charge in [0, 0.05) is 0 Å². The first-order valence-electron chi connectivity index (χ1n) is 5.12. The number of anilines is 1. The molecule has 0 unspecified atom stereocenters. The molecule has 20 heavy (non-hydrogen) atoms. The Morgan fingerprint density at radius 3 is 2.75 bits per heavy atom. The standard InChI is InChI=1S/C10H8F2N4O2S2/c11-5-1-2-7(12)8(3-5)20(17,18)16-10-6(9(13)19)4-14-15-10/h1-4H,(H2,13,19)(H2,14,15,16). The quantitative estimate of drug-likeness (QED) is 0.734. The van der Waals surface area contributed by atoms with Gasteiger partial charge in [-0.3, -0.25) is 9.82 Å². The minimum absolute atomic E-state index is 0.101. The molecule has 0 saturated carbocycles. The average Bonchev–Trinajstić information content (AvgIpc) is 2.79. The second-order valence-corrected chi connectivity index (χ2v) is 5.79. The summed E-state index contributed by atoms with van der Waals surface area (Å²) in [4.78, 5) is -0.933. The zero-order chi connectivity index (χ0) is 14.9. The van der Waals surface area contributed by atoms with E-state index in [1.54, 1.807) is 0 Å². The number of halogens is 2. The summed E-state index contributed by atoms with van der Waals surface area (Å²) in [5.41, 5.74) is 5.51. The first-order valence-corrected chi connectivity index (χ1v) is 7.01. The number of thiocarbonyl (C=S) groups is 1. The molecule has 0 aliphatic heterocycles. The van der Waals surface area contributed by atoms with Crippen molar-refractivity contribution in [2.45, 2.75) is 4.90 Å². The van der Waals surface area contributed by atoms with E-state index in [1.807, 2.05) is 4.72 Å². The van der Waals surface area contributed by atoms with Crippen molar-refractivity contribution in [3.8, 4) is 0 Å². The van der Waals surface area contributed by atoms with Gasteiger partial charge < -0.3 is 5.73 Å². The van der Waals surface area contributed by atoms with Crippen LogP contribution in [0, 0.1) is 11.6 Å². The van der Waals surface area contributed by atoms with Crippen molar-refractivity contribution in [3.05, 3.63) is 41.6 Å². The molecule has 2 aromatic rings. The van der Waals surface area contributed by atoms with E-state index in [-0.39, 0.29) is 16.4 Å². The van der Waals surface area contributed by atoms with E-state index in [2.05, 4.69) is 10.2 Å². The van der Waals surface area contributed by atoms with Crippen LogP contribution < -0.4 is 10.5 Å². The number of rotatable bonds is 4. The zero-order valence-electron chi connectivity index (χ0n) is 9.72. The van der Waals surface area contributed by atoms with Gasteiger partial charge in [-0.25, -0.2) is 17.2 Å². The Bertz CT molecular complexity index is 773. The fourth-order valence-corrected chi connectivity index (χ4v) is 2.70. The lowest BCUT2D eigenvalue weighted by atomic mass is 10.3. The Labute approximate surface area is 118 Å². The number of hydrogen-bond acceptors (Lipinski definition) is 4. The minimum atomic E-state index is -4.34. The Balaban J connectivity index is 2.44. The lowest BCUT2D eigenvalue weighted by molar-refractivity contribution is 0.555. The molecule has 0 fully saturated rings. The van der Waals surface area contributed by atoms with Gasteiger partial charge >= 0.3 is 0 Å². The highest BCUT2D eigenvalue weighted by molar-refractivity contribution is 7.92. The molecule has 0 bridgehead atoms. The van der Waals surface area contributed by atoms with Crippen molar-refractivity contribution in [1.82, 2.24) is 10.2 Å². The number of nitrogens with two attached hydrogens (primary N) is 1. The number of nitrogens with zero attached hydrogens (tertiary/aromatic N) is 1. The molecule has 106 valence electrons. The van der Waals surface area contributed by atoms with Crippen LogP contribution in [0.15, 0.2) is 29.3 Å². The van der Waals surface area contributed by atoms with Gasteiger partial charge in [-0.1, -0.05) is 12.2 Å². The van der Waals surface area contributed by atoms with Gasteiger partial charge in [0.1, 0.15) is 27.3 Å². The molecular formula is C10H8F2N4O2S2. The van der Waals surface area contributed by atoms with Gasteiger partial charge in [0.25, 0.3) is 10.0 Å². The average molecular weight is 318 g/mol. The van der Waals surface area contributed by atoms with Crippen LogP contribution in [0.4, 0.5) is 14.6 Å². The molecule has 1 heterocycles. The third-order valence-electron chi connectivity index (χ3n) is 2.32. The molecule has 0 saturated heterocycles. The molecular weight excluding hydrogens is 310 g/mol.